The minimum absolute atomic E-state index is 0.0750. The molecule has 0 aliphatic carbocycles. The van der Waals surface area contributed by atoms with Gasteiger partial charge >= 0.3 is 5.69 Å². The molecule has 3 heterocycles. The first-order valence-electron chi connectivity index (χ1n) is 13.3. The molecular weight excluding hydrogens is 514 g/mol. The highest BCUT2D eigenvalue weighted by molar-refractivity contribution is 5.49. The molecule has 4 aromatic rings. The number of rotatable bonds is 8. The first kappa shape index (κ1) is 27.4. The van der Waals surface area contributed by atoms with Gasteiger partial charge in [0, 0.05) is 56.2 Å². The molecule has 0 radical (unpaired) electrons. The van der Waals surface area contributed by atoms with E-state index in [2.05, 4.69) is 9.88 Å². The van der Waals surface area contributed by atoms with Crippen LogP contribution in [0.3, 0.4) is 0 Å². The fraction of sp³-hybridized carbons (Fsp3) is 0.300. The van der Waals surface area contributed by atoms with Gasteiger partial charge in [0.15, 0.2) is 0 Å². The maximum Gasteiger partial charge on any atom is 0.331 e. The number of nitrogens with two attached hydrogens (primary N) is 1. The van der Waals surface area contributed by atoms with E-state index in [0.29, 0.717) is 44.1 Å². The normalized spacial score (nSPS) is 14.8. The van der Waals surface area contributed by atoms with E-state index in [9.17, 15) is 18.4 Å². The lowest BCUT2D eigenvalue weighted by Crippen LogP contribution is -2.51. The van der Waals surface area contributed by atoms with Gasteiger partial charge in [-0.2, -0.15) is 0 Å². The van der Waals surface area contributed by atoms with Crippen molar-refractivity contribution in [2.45, 2.75) is 32.6 Å². The van der Waals surface area contributed by atoms with Crippen LogP contribution in [0.25, 0.3) is 0 Å². The van der Waals surface area contributed by atoms with Gasteiger partial charge in [-0.15, -0.1) is 0 Å². The summed E-state index contributed by atoms with van der Waals surface area (Å²) in [5.74, 6) is -1.51. The van der Waals surface area contributed by atoms with E-state index in [4.69, 9.17) is 5.73 Å². The summed E-state index contributed by atoms with van der Waals surface area (Å²) in [7, 11) is 0. The lowest BCUT2D eigenvalue weighted by molar-refractivity contribution is 0.246. The molecule has 5 rings (SSSR count). The highest BCUT2D eigenvalue weighted by Crippen LogP contribution is 2.20. The Labute approximate surface area is 230 Å². The number of aromatic nitrogens is 3. The second-order valence-electron chi connectivity index (χ2n) is 10.0. The summed E-state index contributed by atoms with van der Waals surface area (Å²) >= 11 is 0. The highest BCUT2D eigenvalue weighted by Gasteiger charge is 2.26. The van der Waals surface area contributed by atoms with Crippen LogP contribution in [0.5, 0.6) is 0 Å². The smallest absolute Gasteiger partial charge is 0.331 e. The van der Waals surface area contributed by atoms with Gasteiger partial charge < -0.3 is 10.6 Å². The maximum absolute atomic E-state index is 14.6. The molecule has 1 fully saturated rings. The predicted octanol–water partition coefficient (Wildman–Crippen LogP) is 3.06. The van der Waals surface area contributed by atoms with Gasteiger partial charge in [0.05, 0.1) is 18.8 Å². The van der Waals surface area contributed by atoms with Gasteiger partial charge in [-0.1, -0.05) is 42.5 Å². The Morgan fingerprint density at radius 1 is 0.850 bits per heavy atom. The standard InChI is InChI=1S/C30H32F2N6O2/c1-21-28(36-16-14-35(15-17-36)18-23-10-5-6-13-34-23)29(39)38(20-27(33)22-8-3-2-4-9-22)30(40)37(21)19-24-25(31)11-7-12-26(24)32/h2-13,27H,14-20,33H2,1H3/t27-/m1/s1. The Morgan fingerprint density at radius 3 is 2.17 bits per heavy atom. The molecule has 1 saturated heterocycles. The summed E-state index contributed by atoms with van der Waals surface area (Å²) in [5, 5.41) is 0. The minimum atomic E-state index is -0.755. The molecule has 2 aromatic carbocycles. The predicted molar refractivity (Wildman–Crippen MR) is 150 cm³/mol. The summed E-state index contributed by atoms with van der Waals surface area (Å²) in [4.78, 5) is 36.2. The van der Waals surface area contributed by atoms with E-state index in [1.165, 1.54) is 10.6 Å². The monoisotopic (exact) mass is 546 g/mol. The molecule has 0 saturated carbocycles. The number of benzene rings is 2. The van der Waals surface area contributed by atoms with Crippen LogP contribution in [0.1, 0.15) is 28.6 Å². The largest absolute Gasteiger partial charge is 0.363 e. The fourth-order valence-corrected chi connectivity index (χ4v) is 5.19. The van der Waals surface area contributed by atoms with Crippen LogP contribution in [0, 0.1) is 18.6 Å². The third-order valence-corrected chi connectivity index (χ3v) is 7.44. The number of nitrogens with zero attached hydrogens (tertiary/aromatic N) is 5. The number of hydrogen-bond acceptors (Lipinski definition) is 6. The third kappa shape index (κ3) is 5.73. The van der Waals surface area contributed by atoms with Gasteiger partial charge in [-0.3, -0.25) is 23.8 Å². The second-order valence-corrected chi connectivity index (χ2v) is 10.0. The van der Waals surface area contributed by atoms with Crippen LogP contribution < -0.4 is 21.9 Å². The summed E-state index contributed by atoms with van der Waals surface area (Å²) in [6.45, 7) is 4.36. The lowest BCUT2D eigenvalue weighted by Gasteiger charge is -2.36. The fourth-order valence-electron chi connectivity index (χ4n) is 5.19. The van der Waals surface area contributed by atoms with Crippen molar-refractivity contribution in [3.8, 4) is 0 Å². The number of halogens is 2. The number of anilines is 1. The lowest BCUT2D eigenvalue weighted by atomic mass is 10.1. The van der Waals surface area contributed by atoms with Crippen LogP contribution in [0.15, 0.2) is 82.5 Å². The average Bonchev–Trinajstić information content (AvgIpc) is 2.96. The number of hydrogen-bond donors (Lipinski definition) is 1. The van der Waals surface area contributed by atoms with Crippen LogP contribution in [0.4, 0.5) is 14.5 Å². The molecule has 40 heavy (non-hydrogen) atoms. The molecule has 2 aromatic heterocycles. The Hall–Kier alpha value is -4.15. The SMILES string of the molecule is Cc1c(N2CCN(Cc3ccccn3)CC2)c(=O)n(C[C@@H](N)c2ccccc2)c(=O)n1Cc1c(F)cccc1F. The van der Waals surface area contributed by atoms with Gasteiger partial charge in [0.25, 0.3) is 5.56 Å². The van der Waals surface area contributed by atoms with Crippen molar-refractivity contribution < 1.29 is 8.78 Å². The van der Waals surface area contributed by atoms with E-state index in [1.54, 1.807) is 13.1 Å². The Balaban J connectivity index is 1.51. The van der Waals surface area contributed by atoms with Crippen LogP contribution in [0.2, 0.25) is 0 Å². The quantitative estimate of drug-likeness (QED) is 0.366. The molecule has 10 heteroatoms. The molecule has 0 unspecified atom stereocenters. The first-order valence-corrected chi connectivity index (χ1v) is 13.3. The number of piperazine rings is 1. The van der Waals surface area contributed by atoms with Crippen LogP contribution >= 0.6 is 0 Å². The summed E-state index contributed by atoms with van der Waals surface area (Å²) in [6, 6.07) is 18.0. The summed E-state index contributed by atoms with van der Waals surface area (Å²) in [6.07, 6.45) is 1.76. The van der Waals surface area contributed by atoms with E-state index < -0.39 is 28.9 Å². The van der Waals surface area contributed by atoms with Crippen LogP contribution in [-0.2, 0) is 19.6 Å². The molecule has 1 aliphatic rings. The van der Waals surface area contributed by atoms with Gasteiger partial charge in [0.2, 0.25) is 0 Å². The van der Waals surface area contributed by atoms with Crippen molar-refractivity contribution in [1.82, 2.24) is 19.0 Å². The topological polar surface area (TPSA) is 89.4 Å². The highest BCUT2D eigenvalue weighted by atomic mass is 19.1. The maximum atomic E-state index is 14.6. The zero-order valence-corrected chi connectivity index (χ0v) is 22.3. The minimum Gasteiger partial charge on any atom is -0.363 e. The molecule has 1 atom stereocenters. The first-order chi connectivity index (χ1) is 19.3. The second kappa shape index (κ2) is 11.9. The number of pyridine rings is 1. The Morgan fingerprint density at radius 2 is 1.52 bits per heavy atom. The zero-order chi connectivity index (χ0) is 28.2. The van der Waals surface area contributed by atoms with Crippen molar-refractivity contribution >= 4 is 5.69 Å². The summed E-state index contributed by atoms with van der Waals surface area (Å²) < 4.78 is 31.6. The molecule has 1 aliphatic heterocycles. The van der Waals surface area contributed by atoms with Crippen molar-refractivity contribution in [1.29, 1.82) is 0 Å². The van der Waals surface area contributed by atoms with E-state index in [-0.39, 0.29) is 18.7 Å². The summed E-state index contributed by atoms with van der Waals surface area (Å²) in [5.41, 5.74) is 7.50. The average molecular weight is 547 g/mol. The third-order valence-electron chi connectivity index (χ3n) is 7.44. The van der Waals surface area contributed by atoms with E-state index >= 15 is 0 Å². The molecular formula is C30H32F2N6O2. The van der Waals surface area contributed by atoms with Gasteiger partial charge in [0.1, 0.15) is 17.3 Å². The molecule has 0 amide bonds. The van der Waals surface area contributed by atoms with E-state index in [1.807, 2.05) is 53.4 Å². The Bertz CT molecular complexity index is 1560. The van der Waals surface area contributed by atoms with Crippen molar-refractivity contribution in [2.24, 2.45) is 5.73 Å². The van der Waals surface area contributed by atoms with E-state index in [0.717, 1.165) is 28.0 Å². The van der Waals surface area contributed by atoms with Crippen LogP contribution in [-0.4, -0.2) is 45.2 Å². The van der Waals surface area contributed by atoms with Crippen molar-refractivity contribution in [3.63, 3.8) is 0 Å². The van der Waals surface area contributed by atoms with Gasteiger partial charge in [-0.25, -0.2) is 13.6 Å². The molecule has 8 nitrogen and oxygen atoms in total. The molecule has 208 valence electrons. The molecule has 0 spiro atoms. The molecule has 2 N–H and O–H groups in total. The van der Waals surface area contributed by atoms with Crippen molar-refractivity contribution in [3.05, 3.63) is 128 Å². The molecule has 0 bridgehead atoms. The zero-order valence-electron chi connectivity index (χ0n) is 22.3. The van der Waals surface area contributed by atoms with Gasteiger partial charge in [-0.05, 0) is 36.8 Å². The van der Waals surface area contributed by atoms with Crippen molar-refractivity contribution in [2.75, 3.05) is 31.1 Å². The Kier molecular flexibility index (Phi) is 8.18.